The summed E-state index contributed by atoms with van der Waals surface area (Å²) >= 11 is 0. The molecule has 128 valence electrons. The monoisotopic (exact) mass is 332 g/mol. The fourth-order valence-corrected chi connectivity index (χ4v) is 4.64. The fraction of sp³-hybridized carbons (Fsp3) is 0.364. The molecule has 2 aliphatic rings. The third kappa shape index (κ3) is 2.42. The van der Waals surface area contributed by atoms with Crippen LogP contribution in [0, 0.1) is 0 Å². The van der Waals surface area contributed by atoms with Gasteiger partial charge in [-0.05, 0) is 44.0 Å². The van der Waals surface area contributed by atoms with Gasteiger partial charge in [-0.15, -0.1) is 0 Å². The minimum absolute atomic E-state index is 0.409. The highest BCUT2D eigenvalue weighted by Gasteiger charge is 2.29. The number of rotatable bonds is 4. The summed E-state index contributed by atoms with van der Waals surface area (Å²) in [5.74, 6) is 0. The molecule has 0 saturated carbocycles. The Bertz CT molecular complexity index is 921. The molecule has 5 rings (SSSR count). The largest absolute Gasteiger partial charge is 0.388 e. The average Bonchev–Trinajstić information content (AvgIpc) is 3.35. The van der Waals surface area contributed by atoms with E-state index >= 15 is 0 Å². The lowest BCUT2D eigenvalue weighted by atomic mass is 9.97. The van der Waals surface area contributed by atoms with Crippen LogP contribution in [0.4, 0.5) is 0 Å². The van der Waals surface area contributed by atoms with Crippen molar-refractivity contribution in [1.82, 2.24) is 9.47 Å². The maximum atomic E-state index is 11.1. The molecule has 0 radical (unpaired) electrons. The van der Waals surface area contributed by atoms with Crippen LogP contribution in [0.25, 0.3) is 22.2 Å². The third-order valence-electron chi connectivity index (χ3n) is 5.86. The predicted octanol–water partition coefficient (Wildman–Crippen LogP) is 4.19. The van der Waals surface area contributed by atoms with Gasteiger partial charge in [0.2, 0.25) is 0 Å². The first-order chi connectivity index (χ1) is 12.3. The van der Waals surface area contributed by atoms with Crippen LogP contribution >= 0.6 is 0 Å². The molecular formula is C22H24N2O. The summed E-state index contributed by atoms with van der Waals surface area (Å²) in [6, 6.07) is 17.1. The third-order valence-corrected chi connectivity index (χ3v) is 5.86. The summed E-state index contributed by atoms with van der Waals surface area (Å²) < 4.78 is 2.38. The number of aliphatic hydroxyl groups excluding tert-OH is 1. The van der Waals surface area contributed by atoms with Gasteiger partial charge in [-0.3, -0.25) is 0 Å². The van der Waals surface area contributed by atoms with E-state index in [4.69, 9.17) is 0 Å². The van der Waals surface area contributed by atoms with Crippen molar-refractivity contribution in [3.05, 3.63) is 59.7 Å². The molecule has 1 atom stereocenters. The molecule has 2 aromatic carbocycles. The predicted molar refractivity (Wildman–Crippen MR) is 102 cm³/mol. The summed E-state index contributed by atoms with van der Waals surface area (Å²) in [5.41, 5.74) is 6.24. The molecule has 3 heterocycles. The van der Waals surface area contributed by atoms with E-state index in [0.29, 0.717) is 0 Å². The lowest BCUT2D eigenvalue weighted by molar-refractivity contribution is 0.150. The highest BCUT2D eigenvalue weighted by molar-refractivity contribution is 5.94. The van der Waals surface area contributed by atoms with Gasteiger partial charge in [0.1, 0.15) is 0 Å². The number of hydrogen-bond donors (Lipinski definition) is 1. The Morgan fingerprint density at radius 3 is 2.60 bits per heavy atom. The van der Waals surface area contributed by atoms with E-state index in [9.17, 15) is 5.11 Å². The molecule has 2 aliphatic heterocycles. The highest BCUT2D eigenvalue weighted by Crippen LogP contribution is 2.44. The van der Waals surface area contributed by atoms with Crippen molar-refractivity contribution in [2.24, 2.45) is 0 Å². The van der Waals surface area contributed by atoms with Crippen LogP contribution < -0.4 is 0 Å². The molecule has 0 amide bonds. The molecule has 1 saturated heterocycles. The summed E-state index contributed by atoms with van der Waals surface area (Å²) in [6.07, 6.45) is 3.00. The Morgan fingerprint density at radius 2 is 1.72 bits per heavy atom. The van der Waals surface area contributed by atoms with Gasteiger partial charge in [-0.1, -0.05) is 42.5 Å². The highest BCUT2D eigenvalue weighted by atomic mass is 16.3. The van der Waals surface area contributed by atoms with Crippen molar-refractivity contribution < 1.29 is 5.11 Å². The number of nitrogens with zero attached hydrogens (tertiary/aromatic N) is 2. The quantitative estimate of drug-likeness (QED) is 0.607. The van der Waals surface area contributed by atoms with E-state index in [0.717, 1.165) is 25.1 Å². The minimum Gasteiger partial charge on any atom is -0.388 e. The normalized spacial score (nSPS) is 17.8. The number of benzene rings is 2. The Balaban J connectivity index is 1.58. The standard InChI is InChI=1S/C22H24N2O/c25-20(11-14-23-12-5-6-13-23)21-18-9-3-4-10-19(18)24-15-16-7-1-2-8-17(16)22(21)24/h1-4,7-10,20,25H,5-6,11-15H2. The summed E-state index contributed by atoms with van der Waals surface area (Å²) in [4.78, 5) is 2.48. The summed E-state index contributed by atoms with van der Waals surface area (Å²) in [7, 11) is 0. The molecule has 3 heteroatoms. The van der Waals surface area contributed by atoms with Crippen molar-refractivity contribution in [1.29, 1.82) is 0 Å². The smallest absolute Gasteiger partial charge is 0.0829 e. The Morgan fingerprint density at radius 1 is 0.960 bits per heavy atom. The second-order valence-electron chi connectivity index (χ2n) is 7.38. The van der Waals surface area contributed by atoms with Gasteiger partial charge in [-0.2, -0.15) is 0 Å². The van der Waals surface area contributed by atoms with Gasteiger partial charge >= 0.3 is 0 Å². The van der Waals surface area contributed by atoms with Gasteiger partial charge in [-0.25, -0.2) is 0 Å². The van der Waals surface area contributed by atoms with Crippen LogP contribution in [0.5, 0.6) is 0 Å². The molecule has 1 unspecified atom stereocenters. The van der Waals surface area contributed by atoms with Gasteiger partial charge < -0.3 is 14.6 Å². The number of para-hydroxylation sites is 1. The van der Waals surface area contributed by atoms with Gasteiger partial charge in [0.05, 0.1) is 11.8 Å². The number of aliphatic hydroxyl groups is 1. The molecule has 1 fully saturated rings. The van der Waals surface area contributed by atoms with Crippen LogP contribution in [0.1, 0.15) is 36.5 Å². The molecule has 3 aromatic rings. The topological polar surface area (TPSA) is 28.4 Å². The van der Waals surface area contributed by atoms with Crippen LogP contribution in [0.15, 0.2) is 48.5 Å². The average molecular weight is 332 g/mol. The zero-order valence-electron chi connectivity index (χ0n) is 14.5. The van der Waals surface area contributed by atoms with Crippen molar-refractivity contribution in [2.45, 2.75) is 31.9 Å². The van der Waals surface area contributed by atoms with Crippen LogP contribution in [-0.4, -0.2) is 34.2 Å². The lowest BCUT2D eigenvalue weighted by Crippen LogP contribution is -2.22. The van der Waals surface area contributed by atoms with Crippen LogP contribution in [0.3, 0.4) is 0 Å². The fourth-order valence-electron chi connectivity index (χ4n) is 4.64. The molecule has 25 heavy (non-hydrogen) atoms. The van der Waals surface area contributed by atoms with Crippen molar-refractivity contribution in [2.75, 3.05) is 19.6 Å². The number of hydrogen-bond acceptors (Lipinski definition) is 2. The molecule has 1 N–H and O–H groups in total. The van der Waals surface area contributed by atoms with Gasteiger partial charge in [0.25, 0.3) is 0 Å². The zero-order valence-corrected chi connectivity index (χ0v) is 14.5. The molecule has 0 bridgehead atoms. The van der Waals surface area contributed by atoms with E-state index in [2.05, 4.69) is 58.0 Å². The Labute approximate surface area is 148 Å². The summed E-state index contributed by atoms with van der Waals surface area (Å²) in [6.45, 7) is 4.26. The maximum Gasteiger partial charge on any atom is 0.0829 e. The second kappa shape index (κ2) is 6.01. The van der Waals surface area contributed by atoms with Crippen LogP contribution in [-0.2, 0) is 6.54 Å². The first-order valence-corrected chi connectivity index (χ1v) is 9.43. The van der Waals surface area contributed by atoms with E-state index in [1.807, 2.05) is 0 Å². The van der Waals surface area contributed by atoms with Crippen LogP contribution in [0.2, 0.25) is 0 Å². The SMILES string of the molecule is OC(CCN1CCCC1)c1c2n(c3ccccc13)Cc1ccccc1-2. The number of aromatic nitrogens is 1. The summed E-state index contributed by atoms with van der Waals surface area (Å²) in [5, 5.41) is 12.3. The second-order valence-corrected chi connectivity index (χ2v) is 7.38. The minimum atomic E-state index is -0.409. The van der Waals surface area contributed by atoms with Gasteiger partial charge in [0.15, 0.2) is 0 Å². The number of likely N-dealkylation sites (tertiary alicyclic amines) is 1. The molecular weight excluding hydrogens is 308 g/mol. The molecule has 0 spiro atoms. The first-order valence-electron chi connectivity index (χ1n) is 9.43. The van der Waals surface area contributed by atoms with E-state index in [1.54, 1.807) is 0 Å². The lowest BCUT2D eigenvalue weighted by Gasteiger charge is -2.18. The van der Waals surface area contributed by atoms with Crippen molar-refractivity contribution >= 4 is 10.9 Å². The van der Waals surface area contributed by atoms with Gasteiger partial charge in [0, 0.05) is 35.1 Å². The van der Waals surface area contributed by atoms with E-state index in [-0.39, 0.29) is 0 Å². The zero-order chi connectivity index (χ0) is 16.8. The van der Waals surface area contributed by atoms with Crippen molar-refractivity contribution in [3.8, 4) is 11.3 Å². The maximum absolute atomic E-state index is 11.1. The van der Waals surface area contributed by atoms with E-state index < -0.39 is 6.10 Å². The molecule has 1 aromatic heterocycles. The first kappa shape index (κ1) is 15.2. The Kier molecular flexibility index (Phi) is 3.65. The molecule has 3 nitrogen and oxygen atoms in total. The molecule has 0 aliphatic carbocycles. The number of fused-ring (bicyclic) bond motifs is 5. The Hall–Kier alpha value is -2.10. The van der Waals surface area contributed by atoms with Crippen molar-refractivity contribution in [3.63, 3.8) is 0 Å². The van der Waals surface area contributed by atoms with E-state index in [1.165, 1.54) is 53.7 Å².